The van der Waals surface area contributed by atoms with E-state index in [0.717, 1.165) is 58.3 Å². The van der Waals surface area contributed by atoms with Crippen molar-refractivity contribution >= 4 is 29.9 Å². The summed E-state index contributed by atoms with van der Waals surface area (Å²) in [4.78, 5) is 4.40. The molecule has 1 unspecified atom stereocenters. The zero-order valence-corrected chi connectivity index (χ0v) is 14.6. The summed E-state index contributed by atoms with van der Waals surface area (Å²) in [5, 5.41) is 14.9. The van der Waals surface area contributed by atoms with E-state index in [0.29, 0.717) is 12.5 Å². The number of nitrogens with zero attached hydrogens (tertiary/aromatic N) is 1. The van der Waals surface area contributed by atoms with Crippen molar-refractivity contribution in [3.8, 4) is 0 Å². The van der Waals surface area contributed by atoms with Crippen LogP contribution in [0.3, 0.4) is 0 Å². The van der Waals surface area contributed by atoms with E-state index in [1.54, 1.807) is 0 Å². The van der Waals surface area contributed by atoms with Crippen LogP contribution in [0.1, 0.15) is 19.8 Å². The smallest absolute Gasteiger partial charge is 0.191 e. The average Bonchev–Trinajstić information content (AvgIpc) is 2.93. The molecule has 0 bridgehead atoms. The van der Waals surface area contributed by atoms with E-state index in [2.05, 4.69) is 15.6 Å². The maximum Gasteiger partial charge on any atom is 0.191 e. The van der Waals surface area contributed by atoms with Gasteiger partial charge in [0.2, 0.25) is 0 Å². The molecular formula is C13H28IN3O3. The molecule has 120 valence electrons. The van der Waals surface area contributed by atoms with Crippen LogP contribution >= 0.6 is 24.0 Å². The van der Waals surface area contributed by atoms with Gasteiger partial charge in [0.1, 0.15) is 0 Å². The lowest BCUT2D eigenvalue weighted by molar-refractivity contribution is 0.0893. The Bertz CT molecular complexity index is 249. The maximum absolute atomic E-state index is 8.75. The number of ether oxygens (including phenoxy) is 2. The van der Waals surface area contributed by atoms with Gasteiger partial charge in [-0.25, -0.2) is 0 Å². The van der Waals surface area contributed by atoms with Crippen LogP contribution in [-0.2, 0) is 9.47 Å². The number of aliphatic hydroxyl groups excluding tert-OH is 1. The van der Waals surface area contributed by atoms with Crippen LogP contribution < -0.4 is 10.6 Å². The maximum atomic E-state index is 8.75. The molecule has 1 heterocycles. The summed E-state index contributed by atoms with van der Waals surface area (Å²) in [5.41, 5.74) is 0. The fraction of sp³-hybridized carbons (Fsp3) is 0.923. The number of aliphatic hydroxyl groups is 1. The van der Waals surface area contributed by atoms with Crippen LogP contribution in [0, 0.1) is 5.92 Å². The third kappa shape index (κ3) is 9.73. The second-order valence-electron chi connectivity index (χ2n) is 4.57. The van der Waals surface area contributed by atoms with Crippen LogP contribution in [0.5, 0.6) is 0 Å². The van der Waals surface area contributed by atoms with Crippen molar-refractivity contribution in [2.24, 2.45) is 10.9 Å². The molecule has 0 aromatic rings. The first-order chi connectivity index (χ1) is 9.36. The highest BCUT2D eigenvalue weighted by molar-refractivity contribution is 14.0. The second-order valence-corrected chi connectivity index (χ2v) is 4.57. The quantitative estimate of drug-likeness (QED) is 0.228. The van der Waals surface area contributed by atoms with Crippen LogP contribution in [0.25, 0.3) is 0 Å². The van der Waals surface area contributed by atoms with Crippen molar-refractivity contribution in [3.05, 3.63) is 0 Å². The molecule has 0 saturated carbocycles. The highest BCUT2D eigenvalue weighted by Gasteiger charge is 2.14. The Balaban J connectivity index is 0.00000361. The zero-order valence-electron chi connectivity index (χ0n) is 12.3. The van der Waals surface area contributed by atoms with E-state index < -0.39 is 0 Å². The monoisotopic (exact) mass is 401 g/mol. The number of nitrogens with one attached hydrogen (secondary N) is 2. The van der Waals surface area contributed by atoms with E-state index in [1.165, 1.54) is 0 Å². The molecular weight excluding hydrogens is 373 g/mol. The van der Waals surface area contributed by atoms with Crippen LogP contribution in [0.2, 0.25) is 0 Å². The molecule has 1 rings (SSSR count). The SMILES string of the molecule is CCNC(=NCCCOCC1CCOC1)NCCO.I. The Morgan fingerprint density at radius 3 is 2.95 bits per heavy atom. The number of rotatable bonds is 9. The molecule has 0 aromatic carbocycles. The fourth-order valence-electron chi connectivity index (χ4n) is 1.84. The summed E-state index contributed by atoms with van der Waals surface area (Å²) in [6, 6.07) is 0. The molecule has 0 spiro atoms. The molecule has 6 nitrogen and oxygen atoms in total. The van der Waals surface area contributed by atoms with Gasteiger partial charge in [0.25, 0.3) is 0 Å². The van der Waals surface area contributed by atoms with Crippen LogP contribution in [0.15, 0.2) is 4.99 Å². The molecule has 0 aliphatic carbocycles. The lowest BCUT2D eigenvalue weighted by Gasteiger charge is -2.10. The Morgan fingerprint density at radius 1 is 1.45 bits per heavy atom. The molecule has 0 amide bonds. The Morgan fingerprint density at radius 2 is 2.30 bits per heavy atom. The molecule has 20 heavy (non-hydrogen) atoms. The van der Waals surface area contributed by atoms with Crippen molar-refractivity contribution < 1.29 is 14.6 Å². The number of hydrogen-bond donors (Lipinski definition) is 3. The molecule has 1 aliphatic rings. The molecule has 3 N–H and O–H groups in total. The van der Waals surface area contributed by atoms with Gasteiger partial charge < -0.3 is 25.2 Å². The normalized spacial score (nSPS) is 18.7. The number of guanidine groups is 1. The lowest BCUT2D eigenvalue weighted by Crippen LogP contribution is -2.38. The van der Waals surface area contributed by atoms with Gasteiger partial charge in [-0.3, -0.25) is 4.99 Å². The van der Waals surface area contributed by atoms with Gasteiger partial charge in [0.15, 0.2) is 5.96 Å². The van der Waals surface area contributed by atoms with Crippen LogP contribution in [0.4, 0.5) is 0 Å². The van der Waals surface area contributed by atoms with Gasteiger partial charge in [0.05, 0.1) is 19.8 Å². The number of halogens is 1. The molecule has 1 saturated heterocycles. The summed E-state index contributed by atoms with van der Waals surface area (Å²) >= 11 is 0. The highest BCUT2D eigenvalue weighted by Crippen LogP contribution is 2.12. The third-order valence-corrected chi connectivity index (χ3v) is 2.84. The zero-order chi connectivity index (χ0) is 13.8. The van der Waals surface area contributed by atoms with Crippen molar-refractivity contribution in [3.63, 3.8) is 0 Å². The first-order valence-corrected chi connectivity index (χ1v) is 7.15. The minimum absolute atomic E-state index is 0. The standard InChI is InChI=1S/C13H27N3O3.HI/c1-2-14-13(16-6-7-17)15-5-3-8-18-10-12-4-9-19-11-12;/h12,17H,2-11H2,1H3,(H2,14,15,16);1H. The molecule has 7 heteroatoms. The third-order valence-electron chi connectivity index (χ3n) is 2.84. The summed E-state index contributed by atoms with van der Waals surface area (Å²) in [7, 11) is 0. The highest BCUT2D eigenvalue weighted by atomic mass is 127. The largest absolute Gasteiger partial charge is 0.395 e. The Labute approximate surface area is 138 Å². The van der Waals surface area contributed by atoms with Gasteiger partial charge >= 0.3 is 0 Å². The van der Waals surface area contributed by atoms with Gasteiger partial charge in [-0.1, -0.05) is 0 Å². The van der Waals surface area contributed by atoms with E-state index in [-0.39, 0.29) is 30.6 Å². The van der Waals surface area contributed by atoms with Crippen molar-refractivity contribution in [1.29, 1.82) is 0 Å². The number of aliphatic imine (C=N–C) groups is 1. The predicted molar refractivity (Wildman–Crippen MR) is 90.8 cm³/mol. The minimum Gasteiger partial charge on any atom is -0.395 e. The summed E-state index contributed by atoms with van der Waals surface area (Å²) in [6.45, 7) is 7.43. The van der Waals surface area contributed by atoms with Gasteiger partial charge in [0, 0.05) is 38.8 Å². The first-order valence-electron chi connectivity index (χ1n) is 7.15. The fourth-order valence-corrected chi connectivity index (χ4v) is 1.84. The van der Waals surface area contributed by atoms with Crippen LogP contribution in [-0.4, -0.2) is 63.7 Å². The first kappa shape index (κ1) is 19.9. The number of hydrogen-bond acceptors (Lipinski definition) is 4. The minimum atomic E-state index is 0. The van der Waals surface area contributed by atoms with Gasteiger partial charge in [-0.2, -0.15) is 0 Å². The topological polar surface area (TPSA) is 75.1 Å². The summed E-state index contributed by atoms with van der Waals surface area (Å²) in [5.74, 6) is 1.33. The van der Waals surface area contributed by atoms with Crippen molar-refractivity contribution in [1.82, 2.24) is 10.6 Å². The molecule has 1 aliphatic heterocycles. The summed E-state index contributed by atoms with van der Waals surface area (Å²) < 4.78 is 10.9. The summed E-state index contributed by atoms with van der Waals surface area (Å²) in [6.07, 6.45) is 2.02. The van der Waals surface area contributed by atoms with Crippen molar-refractivity contribution in [2.45, 2.75) is 19.8 Å². The Kier molecular flexibility index (Phi) is 13.8. The van der Waals surface area contributed by atoms with Gasteiger partial charge in [-0.05, 0) is 19.8 Å². The predicted octanol–water partition coefficient (Wildman–Crippen LogP) is 0.595. The lowest BCUT2D eigenvalue weighted by atomic mass is 10.1. The Hall–Kier alpha value is -0.120. The van der Waals surface area contributed by atoms with E-state index in [4.69, 9.17) is 14.6 Å². The van der Waals surface area contributed by atoms with Gasteiger partial charge in [-0.15, -0.1) is 24.0 Å². The van der Waals surface area contributed by atoms with Crippen molar-refractivity contribution in [2.75, 3.05) is 52.7 Å². The average molecular weight is 401 g/mol. The molecule has 0 radical (unpaired) electrons. The van der Waals surface area contributed by atoms with E-state index in [9.17, 15) is 0 Å². The molecule has 1 atom stereocenters. The van der Waals surface area contributed by atoms with E-state index >= 15 is 0 Å². The van der Waals surface area contributed by atoms with E-state index in [1.807, 2.05) is 6.92 Å². The molecule has 0 aromatic heterocycles. The second kappa shape index (κ2) is 13.8. The molecule has 1 fully saturated rings.